The van der Waals surface area contributed by atoms with E-state index in [1.54, 1.807) is 41.3 Å². The van der Waals surface area contributed by atoms with Crippen LogP contribution in [0.5, 0.6) is 0 Å². The molecular formula is C19H16ClN5O2. The van der Waals surface area contributed by atoms with Crippen molar-refractivity contribution in [3.8, 4) is 11.4 Å². The lowest BCUT2D eigenvalue weighted by Gasteiger charge is -2.15. The van der Waals surface area contributed by atoms with Crippen LogP contribution in [0.4, 0.5) is 5.69 Å². The number of amides is 1. The highest BCUT2D eigenvalue weighted by Gasteiger charge is 2.21. The number of rotatable bonds is 5. The number of tetrazole rings is 1. The molecule has 1 amide bonds. The van der Waals surface area contributed by atoms with Crippen LogP contribution in [0.1, 0.15) is 23.2 Å². The van der Waals surface area contributed by atoms with Crippen LogP contribution in [0.25, 0.3) is 11.4 Å². The lowest BCUT2D eigenvalue weighted by molar-refractivity contribution is -0.117. The van der Waals surface area contributed by atoms with Gasteiger partial charge in [0, 0.05) is 29.8 Å². The summed E-state index contributed by atoms with van der Waals surface area (Å²) in [5.74, 6) is 0.349. The topological polar surface area (TPSA) is 81.0 Å². The number of anilines is 1. The lowest BCUT2D eigenvalue weighted by atomic mass is 10.1. The minimum absolute atomic E-state index is 0.0283. The van der Waals surface area contributed by atoms with Crippen molar-refractivity contribution >= 4 is 29.0 Å². The van der Waals surface area contributed by atoms with Crippen molar-refractivity contribution in [3.05, 3.63) is 59.1 Å². The van der Waals surface area contributed by atoms with E-state index in [0.29, 0.717) is 28.4 Å². The molecule has 7 nitrogen and oxygen atoms in total. The van der Waals surface area contributed by atoms with Crippen LogP contribution in [0.15, 0.2) is 48.5 Å². The predicted octanol–water partition coefficient (Wildman–Crippen LogP) is 3.00. The fraction of sp³-hybridized carbons (Fsp3) is 0.211. The predicted molar refractivity (Wildman–Crippen MR) is 101 cm³/mol. The zero-order valence-corrected chi connectivity index (χ0v) is 15.1. The van der Waals surface area contributed by atoms with Crippen molar-refractivity contribution in [3.63, 3.8) is 0 Å². The van der Waals surface area contributed by atoms with E-state index in [1.807, 2.05) is 12.1 Å². The molecule has 0 radical (unpaired) electrons. The molecule has 136 valence electrons. The fourth-order valence-electron chi connectivity index (χ4n) is 3.03. The van der Waals surface area contributed by atoms with Gasteiger partial charge in [0.05, 0.1) is 5.02 Å². The first-order valence-corrected chi connectivity index (χ1v) is 8.96. The van der Waals surface area contributed by atoms with Crippen LogP contribution < -0.4 is 4.90 Å². The van der Waals surface area contributed by atoms with E-state index in [0.717, 1.165) is 18.7 Å². The number of benzene rings is 2. The van der Waals surface area contributed by atoms with Gasteiger partial charge in [-0.15, -0.1) is 10.2 Å². The Balaban J connectivity index is 1.46. The van der Waals surface area contributed by atoms with Crippen LogP contribution >= 0.6 is 11.6 Å². The molecule has 2 aromatic carbocycles. The normalized spacial score (nSPS) is 14.0. The first kappa shape index (κ1) is 17.4. The molecule has 2 heterocycles. The van der Waals surface area contributed by atoms with Gasteiger partial charge in [0.1, 0.15) is 6.54 Å². The summed E-state index contributed by atoms with van der Waals surface area (Å²) in [6.07, 6.45) is 1.44. The summed E-state index contributed by atoms with van der Waals surface area (Å²) in [5, 5.41) is 12.7. The van der Waals surface area contributed by atoms with Gasteiger partial charge in [-0.1, -0.05) is 23.7 Å². The third-order valence-electron chi connectivity index (χ3n) is 4.43. The summed E-state index contributed by atoms with van der Waals surface area (Å²) in [5.41, 5.74) is 2.01. The van der Waals surface area contributed by atoms with E-state index in [4.69, 9.17) is 11.6 Å². The molecule has 0 spiro atoms. The number of carbonyl (C=O) groups is 2. The van der Waals surface area contributed by atoms with Gasteiger partial charge < -0.3 is 4.90 Å². The Morgan fingerprint density at radius 1 is 1.11 bits per heavy atom. The maximum absolute atomic E-state index is 12.5. The maximum atomic E-state index is 12.5. The molecule has 3 aromatic rings. The Kier molecular flexibility index (Phi) is 4.68. The van der Waals surface area contributed by atoms with Gasteiger partial charge in [-0.25, -0.2) is 0 Å². The van der Waals surface area contributed by atoms with E-state index in [9.17, 15) is 9.59 Å². The lowest BCUT2D eigenvalue weighted by Crippen LogP contribution is -2.23. The molecule has 1 fully saturated rings. The Morgan fingerprint density at radius 3 is 2.59 bits per heavy atom. The van der Waals surface area contributed by atoms with Crippen LogP contribution in [0.2, 0.25) is 5.02 Å². The molecular weight excluding hydrogens is 366 g/mol. The molecule has 1 aliphatic heterocycles. The number of halogens is 1. The van der Waals surface area contributed by atoms with Crippen molar-refractivity contribution in [1.82, 2.24) is 20.2 Å². The quantitative estimate of drug-likeness (QED) is 0.634. The highest BCUT2D eigenvalue weighted by molar-refractivity contribution is 6.33. The van der Waals surface area contributed by atoms with Gasteiger partial charge in [-0.2, -0.15) is 4.80 Å². The number of hydrogen-bond acceptors (Lipinski definition) is 5. The van der Waals surface area contributed by atoms with Crippen LogP contribution in [0, 0.1) is 0 Å². The standard InChI is InChI=1S/C19H16ClN5O2/c20-16-5-2-1-4-15(16)19-21-23-25(22-19)12-17(26)13-7-9-14(10-8-13)24-11-3-6-18(24)27/h1-2,4-5,7-10H,3,6,11-12H2. The van der Waals surface area contributed by atoms with E-state index in [2.05, 4.69) is 15.4 Å². The van der Waals surface area contributed by atoms with Crippen molar-refractivity contribution in [2.45, 2.75) is 19.4 Å². The number of hydrogen-bond donors (Lipinski definition) is 0. The van der Waals surface area contributed by atoms with Crippen molar-refractivity contribution in [2.75, 3.05) is 11.4 Å². The number of carbonyl (C=O) groups excluding carboxylic acids is 2. The number of nitrogens with zero attached hydrogens (tertiary/aromatic N) is 5. The minimum Gasteiger partial charge on any atom is -0.312 e. The van der Waals surface area contributed by atoms with Gasteiger partial charge >= 0.3 is 0 Å². The molecule has 1 aromatic heterocycles. The molecule has 0 unspecified atom stereocenters. The zero-order chi connectivity index (χ0) is 18.8. The molecule has 1 aliphatic rings. The molecule has 1 saturated heterocycles. The molecule has 0 atom stereocenters. The third-order valence-corrected chi connectivity index (χ3v) is 4.76. The number of Topliss-reactive ketones (excluding diaryl/α,β-unsaturated/α-hetero) is 1. The number of ketones is 1. The van der Waals surface area contributed by atoms with E-state index in [1.165, 1.54) is 4.80 Å². The second-order valence-corrected chi connectivity index (χ2v) is 6.65. The van der Waals surface area contributed by atoms with Gasteiger partial charge in [-0.05, 0) is 48.0 Å². The van der Waals surface area contributed by atoms with Crippen molar-refractivity contribution < 1.29 is 9.59 Å². The summed E-state index contributed by atoms with van der Waals surface area (Å²) in [4.78, 5) is 27.3. The molecule has 4 rings (SSSR count). The highest BCUT2D eigenvalue weighted by Crippen LogP contribution is 2.24. The summed E-state index contributed by atoms with van der Waals surface area (Å²) >= 11 is 6.14. The van der Waals surface area contributed by atoms with Gasteiger partial charge in [0.15, 0.2) is 5.78 Å². The fourth-order valence-corrected chi connectivity index (χ4v) is 3.25. The Labute approximate surface area is 160 Å². The monoisotopic (exact) mass is 381 g/mol. The Hall–Kier alpha value is -3.06. The summed E-state index contributed by atoms with van der Waals surface area (Å²) in [6, 6.07) is 14.2. The SMILES string of the molecule is O=C(Cn1nnc(-c2ccccc2Cl)n1)c1ccc(N2CCCC2=O)cc1. The van der Waals surface area contributed by atoms with Crippen molar-refractivity contribution in [1.29, 1.82) is 0 Å². The first-order valence-electron chi connectivity index (χ1n) is 8.58. The van der Waals surface area contributed by atoms with E-state index < -0.39 is 0 Å². The molecule has 0 aliphatic carbocycles. The van der Waals surface area contributed by atoms with Gasteiger partial charge in [0.2, 0.25) is 11.7 Å². The molecule has 0 saturated carbocycles. The second kappa shape index (κ2) is 7.28. The smallest absolute Gasteiger partial charge is 0.227 e. The molecule has 0 N–H and O–H groups in total. The van der Waals surface area contributed by atoms with Crippen molar-refractivity contribution in [2.24, 2.45) is 0 Å². The average Bonchev–Trinajstić information content (AvgIpc) is 3.31. The van der Waals surface area contributed by atoms with Crippen LogP contribution in [-0.4, -0.2) is 38.4 Å². The molecule has 8 heteroatoms. The van der Waals surface area contributed by atoms with Gasteiger partial charge in [-0.3, -0.25) is 9.59 Å². The van der Waals surface area contributed by atoms with E-state index in [-0.39, 0.29) is 18.2 Å². The molecule has 0 bridgehead atoms. The summed E-state index contributed by atoms with van der Waals surface area (Å²) in [6.45, 7) is 0.694. The largest absolute Gasteiger partial charge is 0.312 e. The van der Waals surface area contributed by atoms with Gasteiger partial charge in [0.25, 0.3) is 0 Å². The highest BCUT2D eigenvalue weighted by atomic mass is 35.5. The Bertz CT molecular complexity index is 999. The summed E-state index contributed by atoms with van der Waals surface area (Å²) in [7, 11) is 0. The maximum Gasteiger partial charge on any atom is 0.227 e. The minimum atomic E-state index is -0.141. The summed E-state index contributed by atoms with van der Waals surface area (Å²) < 4.78 is 0. The van der Waals surface area contributed by atoms with Crippen LogP contribution in [0.3, 0.4) is 0 Å². The first-order chi connectivity index (χ1) is 13.1. The zero-order valence-electron chi connectivity index (χ0n) is 14.4. The third kappa shape index (κ3) is 3.59. The second-order valence-electron chi connectivity index (χ2n) is 6.24. The number of aromatic nitrogens is 4. The molecule has 27 heavy (non-hydrogen) atoms. The van der Waals surface area contributed by atoms with E-state index >= 15 is 0 Å². The average molecular weight is 382 g/mol. The Morgan fingerprint density at radius 2 is 1.89 bits per heavy atom. The van der Waals surface area contributed by atoms with Crippen LogP contribution in [-0.2, 0) is 11.3 Å².